The molecule has 0 saturated heterocycles. The van der Waals surface area contributed by atoms with Crippen LogP contribution in [0.5, 0.6) is 0 Å². The number of carbonyl (C=O) groups is 2. The van der Waals surface area contributed by atoms with E-state index in [2.05, 4.69) is 17.3 Å². The Morgan fingerprint density at radius 1 is 1.05 bits per heavy atom. The number of carboxylic acids is 1. The van der Waals surface area contributed by atoms with Crippen LogP contribution in [0.2, 0.25) is 0 Å². The first-order valence-electron chi connectivity index (χ1n) is 4.94. The zero-order valence-electron chi connectivity index (χ0n) is 10.1. The minimum atomic E-state index is -4.81. The van der Waals surface area contributed by atoms with Crippen LogP contribution in [0.25, 0.3) is 0 Å². The molecule has 0 fully saturated rings. The van der Waals surface area contributed by atoms with Gasteiger partial charge in [0.2, 0.25) is 0 Å². The molecule has 114 valence electrons. The molecule has 11 heteroatoms. The Balaban J connectivity index is -0.000000140. The van der Waals surface area contributed by atoms with Crippen LogP contribution in [0.1, 0.15) is 12.8 Å². The SMILES string of the molecule is C=CCOCC=C.O=C(O)CCC(=O)OS(=O)(=O)O.[NaH].[NaH]. The summed E-state index contributed by atoms with van der Waals surface area (Å²) >= 11 is 0. The topological polar surface area (TPSA) is 127 Å². The average molecular weight is 344 g/mol. The summed E-state index contributed by atoms with van der Waals surface area (Å²) in [6, 6.07) is 0. The minimum absolute atomic E-state index is 0. The molecule has 0 amide bonds. The van der Waals surface area contributed by atoms with Crippen LogP contribution in [-0.2, 0) is 28.9 Å². The Bertz CT molecular complexity index is 399. The van der Waals surface area contributed by atoms with E-state index in [-0.39, 0.29) is 59.1 Å². The van der Waals surface area contributed by atoms with Crippen molar-refractivity contribution >= 4 is 81.5 Å². The van der Waals surface area contributed by atoms with Crippen molar-refractivity contribution in [2.45, 2.75) is 12.8 Å². The molecule has 0 radical (unpaired) electrons. The number of ether oxygens (including phenoxy) is 1. The van der Waals surface area contributed by atoms with Gasteiger partial charge in [0.15, 0.2) is 0 Å². The van der Waals surface area contributed by atoms with E-state index in [9.17, 15) is 18.0 Å². The van der Waals surface area contributed by atoms with Crippen LogP contribution >= 0.6 is 0 Å². The number of carboxylic acid groups (broad SMARTS) is 1. The van der Waals surface area contributed by atoms with Crippen LogP contribution in [0.15, 0.2) is 25.3 Å². The van der Waals surface area contributed by atoms with Gasteiger partial charge in [-0.05, 0) is 0 Å². The fourth-order valence-corrected chi connectivity index (χ4v) is 0.921. The summed E-state index contributed by atoms with van der Waals surface area (Å²) < 4.78 is 35.9. The van der Waals surface area contributed by atoms with Crippen molar-refractivity contribution in [2.75, 3.05) is 13.2 Å². The molecule has 21 heavy (non-hydrogen) atoms. The molecule has 0 bridgehead atoms. The van der Waals surface area contributed by atoms with E-state index in [0.29, 0.717) is 13.2 Å². The first kappa shape index (κ1) is 29.3. The monoisotopic (exact) mass is 344 g/mol. The zero-order valence-corrected chi connectivity index (χ0v) is 11.0. The van der Waals surface area contributed by atoms with E-state index >= 15 is 0 Å². The van der Waals surface area contributed by atoms with Crippen molar-refractivity contribution in [1.29, 1.82) is 0 Å². The Hall–Kier alpha value is 0.290. The van der Waals surface area contributed by atoms with Crippen LogP contribution in [0.3, 0.4) is 0 Å². The Labute approximate surface area is 168 Å². The zero-order chi connectivity index (χ0) is 15.3. The van der Waals surface area contributed by atoms with Crippen molar-refractivity contribution in [3.05, 3.63) is 25.3 Å². The summed E-state index contributed by atoms with van der Waals surface area (Å²) in [6.07, 6.45) is 2.27. The summed E-state index contributed by atoms with van der Waals surface area (Å²) in [6.45, 7) is 8.18. The maximum atomic E-state index is 10.3. The van der Waals surface area contributed by atoms with Gasteiger partial charge in [-0.2, -0.15) is 8.42 Å². The van der Waals surface area contributed by atoms with Crippen molar-refractivity contribution in [2.24, 2.45) is 0 Å². The third kappa shape index (κ3) is 33.2. The van der Waals surface area contributed by atoms with E-state index in [0.717, 1.165) is 0 Å². The molecular formula is C10H18Na2O8S. The van der Waals surface area contributed by atoms with Gasteiger partial charge in [0.05, 0.1) is 26.1 Å². The first-order valence-corrected chi connectivity index (χ1v) is 6.30. The molecule has 0 aromatic heterocycles. The molecule has 0 rings (SSSR count). The number of carbonyl (C=O) groups excluding carboxylic acids is 1. The maximum absolute atomic E-state index is 10.3. The second-order valence-corrected chi connectivity index (χ2v) is 3.91. The fraction of sp³-hybridized carbons (Fsp3) is 0.400. The molecule has 0 heterocycles. The van der Waals surface area contributed by atoms with Gasteiger partial charge >= 0.3 is 81.5 Å². The van der Waals surface area contributed by atoms with Crippen LogP contribution in [0.4, 0.5) is 0 Å². The van der Waals surface area contributed by atoms with E-state index in [1.54, 1.807) is 12.2 Å². The number of rotatable bonds is 8. The third-order valence-corrected chi connectivity index (χ3v) is 1.61. The second-order valence-electron chi connectivity index (χ2n) is 2.89. The molecule has 0 aliphatic heterocycles. The molecule has 0 aromatic rings. The van der Waals surface area contributed by atoms with Crippen LogP contribution < -0.4 is 0 Å². The van der Waals surface area contributed by atoms with Gasteiger partial charge in [-0.25, -0.2) is 0 Å². The Morgan fingerprint density at radius 3 is 1.76 bits per heavy atom. The summed E-state index contributed by atoms with van der Waals surface area (Å²) in [5.41, 5.74) is 0. The molecule has 0 saturated carbocycles. The van der Waals surface area contributed by atoms with E-state index < -0.39 is 35.2 Å². The van der Waals surface area contributed by atoms with Crippen LogP contribution in [-0.4, -0.2) is 102 Å². The quantitative estimate of drug-likeness (QED) is 0.255. The Morgan fingerprint density at radius 2 is 1.48 bits per heavy atom. The average Bonchev–Trinajstić information content (AvgIpc) is 2.26. The molecular weight excluding hydrogens is 326 g/mol. The second kappa shape index (κ2) is 18.3. The van der Waals surface area contributed by atoms with Crippen LogP contribution in [0, 0.1) is 0 Å². The normalized spacial score (nSPS) is 8.81. The Kier molecular flexibility index (Phi) is 25.6. The van der Waals surface area contributed by atoms with Crippen molar-refractivity contribution in [3.63, 3.8) is 0 Å². The number of hydrogen-bond acceptors (Lipinski definition) is 6. The van der Waals surface area contributed by atoms with Crippen molar-refractivity contribution < 1.29 is 36.6 Å². The van der Waals surface area contributed by atoms with Gasteiger partial charge < -0.3 is 14.0 Å². The molecule has 2 N–H and O–H groups in total. The molecule has 0 aliphatic rings. The molecule has 0 unspecified atom stereocenters. The van der Waals surface area contributed by atoms with Gasteiger partial charge in [0.1, 0.15) is 0 Å². The van der Waals surface area contributed by atoms with Crippen molar-refractivity contribution in [1.82, 2.24) is 0 Å². The van der Waals surface area contributed by atoms with Gasteiger partial charge in [-0.1, -0.05) is 12.2 Å². The standard InChI is InChI=1S/C6H10O.C4H6O7S.2Na.2H/c1-3-5-7-6-4-2;5-3(6)1-2-4(7)11-12(8,9)10;;;;/h3-4H,1-2,5-6H2;1-2H2,(H,5,6)(H,8,9,10);;;;. The summed E-state index contributed by atoms with van der Waals surface area (Å²) in [4.78, 5) is 20.2. The summed E-state index contributed by atoms with van der Waals surface area (Å²) in [5.74, 6) is -2.57. The number of aliphatic carboxylic acids is 1. The van der Waals surface area contributed by atoms with Crippen molar-refractivity contribution in [3.8, 4) is 0 Å². The van der Waals surface area contributed by atoms with E-state index in [1.165, 1.54) is 0 Å². The molecule has 0 aromatic carbocycles. The summed E-state index contributed by atoms with van der Waals surface area (Å²) in [7, 11) is -4.81. The van der Waals surface area contributed by atoms with Gasteiger partial charge in [-0.3, -0.25) is 14.1 Å². The fourth-order valence-electron chi connectivity index (χ4n) is 0.603. The summed E-state index contributed by atoms with van der Waals surface area (Å²) in [5, 5.41) is 8.04. The van der Waals surface area contributed by atoms with Gasteiger partial charge in [0.25, 0.3) is 0 Å². The third-order valence-electron chi connectivity index (χ3n) is 1.21. The molecule has 8 nitrogen and oxygen atoms in total. The number of hydrogen-bond donors (Lipinski definition) is 2. The predicted molar refractivity (Wildman–Crippen MR) is 80.0 cm³/mol. The molecule has 0 atom stereocenters. The molecule has 0 aliphatic carbocycles. The van der Waals surface area contributed by atoms with Gasteiger partial charge in [-0.15, -0.1) is 13.2 Å². The molecule has 0 spiro atoms. The van der Waals surface area contributed by atoms with E-state index in [1.807, 2.05) is 0 Å². The predicted octanol–water partition coefficient (Wildman–Crippen LogP) is -0.725. The first-order chi connectivity index (χ1) is 8.72. The van der Waals surface area contributed by atoms with E-state index in [4.69, 9.17) is 14.4 Å². The van der Waals surface area contributed by atoms with Gasteiger partial charge in [0, 0.05) is 0 Å².